The number of unbranched alkanes of at least 4 members (excludes halogenated alkanes) is 22. The van der Waals surface area contributed by atoms with Crippen molar-refractivity contribution in [3.8, 4) is 0 Å². The zero-order chi connectivity index (χ0) is 27.8. The van der Waals surface area contributed by atoms with Crippen molar-refractivity contribution in [3.05, 3.63) is 12.2 Å². The van der Waals surface area contributed by atoms with Crippen LogP contribution in [0, 0.1) is 5.92 Å². The molecule has 0 aliphatic heterocycles. The van der Waals surface area contributed by atoms with Gasteiger partial charge in [-0.1, -0.05) is 168 Å². The zero-order valence-electron chi connectivity index (χ0n) is 26.6. The lowest BCUT2D eigenvalue weighted by molar-refractivity contribution is -0.149. The minimum atomic E-state index is 0.0951. The second-order valence-electron chi connectivity index (χ2n) is 11.9. The molecule has 0 amide bonds. The minimum absolute atomic E-state index is 0.0951. The first kappa shape index (κ1) is 37.2. The Balaban J connectivity index is 3.94. The highest BCUT2D eigenvalue weighted by Crippen LogP contribution is 2.21. The number of carbonyl (C=O) groups is 1. The Hall–Kier alpha value is -0.790. The van der Waals surface area contributed by atoms with Crippen molar-refractivity contribution in [1.29, 1.82) is 0 Å². The summed E-state index contributed by atoms with van der Waals surface area (Å²) >= 11 is 0. The van der Waals surface area contributed by atoms with Gasteiger partial charge in [0.2, 0.25) is 0 Å². The molecule has 38 heavy (non-hydrogen) atoms. The van der Waals surface area contributed by atoms with Gasteiger partial charge in [-0.3, -0.25) is 4.79 Å². The number of hydrogen-bond acceptors (Lipinski definition) is 2. The van der Waals surface area contributed by atoms with E-state index in [1.165, 1.54) is 161 Å². The van der Waals surface area contributed by atoms with Gasteiger partial charge in [-0.2, -0.15) is 0 Å². The second kappa shape index (κ2) is 32.4. The van der Waals surface area contributed by atoms with Crippen LogP contribution in [0.3, 0.4) is 0 Å². The van der Waals surface area contributed by atoms with Crippen LogP contribution in [0.4, 0.5) is 0 Å². The third kappa shape index (κ3) is 28.2. The van der Waals surface area contributed by atoms with Crippen LogP contribution in [-0.2, 0) is 9.53 Å². The van der Waals surface area contributed by atoms with Crippen molar-refractivity contribution >= 4 is 5.97 Å². The standard InChI is InChI=1S/C36H70O2/c1-4-7-10-13-15-17-18-19-20-21-22-24-27-30-33-35(32-29-26-12-9-6-3)36(37)38-34-31-28-25-23-16-14-11-8-5-2/h19-20,35H,4-18,21-34H2,1-3H3. The monoisotopic (exact) mass is 535 g/mol. The summed E-state index contributed by atoms with van der Waals surface area (Å²) in [4.78, 5) is 12.8. The van der Waals surface area contributed by atoms with Crippen molar-refractivity contribution in [2.75, 3.05) is 6.61 Å². The molecule has 0 N–H and O–H groups in total. The maximum absolute atomic E-state index is 12.8. The lowest BCUT2D eigenvalue weighted by atomic mass is 9.94. The average Bonchev–Trinajstić information content (AvgIpc) is 2.92. The Labute approximate surface area is 240 Å². The van der Waals surface area contributed by atoms with Gasteiger partial charge in [-0.25, -0.2) is 0 Å². The Morgan fingerprint density at radius 3 is 1.24 bits per heavy atom. The maximum Gasteiger partial charge on any atom is 0.308 e. The second-order valence-corrected chi connectivity index (χ2v) is 11.9. The SMILES string of the molecule is CCCCCCCCC=CCCCCCCC(CCCCCCC)C(=O)OCCCCCCCCCCC. The molecule has 0 heterocycles. The van der Waals surface area contributed by atoms with Gasteiger partial charge in [-0.15, -0.1) is 0 Å². The van der Waals surface area contributed by atoms with Gasteiger partial charge >= 0.3 is 5.97 Å². The van der Waals surface area contributed by atoms with Gasteiger partial charge in [0.1, 0.15) is 0 Å². The lowest BCUT2D eigenvalue weighted by Gasteiger charge is -2.16. The third-order valence-electron chi connectivity index (χ3n) is 8.05. The number of esters is 1. The molecule has 0 aliphatic rings. The molecule has 0 aromatic rings. The van der Waals surface area contributed by atoms with E-state index in [1.54, 1.807) is 0 Å². The van der Waals surface area contributed by atoms with Crippen LogP contribution in [0.5, 0.6) is 0 Å². The Morgan fingerprint density at radius 2 is 0.816 bits per heavy atom. The first-order valence-electron chi connectivity index (χ1n) is 17.6. The molecule has 0 aliphatic carbocycles. The van der Waals surface area contributed by atoms with E-state index in [0.29, 0.717) is 6.61 Å². The summed E-state index contributed by atoms with van der Waals surface area (Å²) in [7, 11) is 0. The summed E-state index contributed by atoms with van der Waals surface area (Å²) in [6.45, 7) is 7.45. The van der Waals surface area contributed by atoms with Crippen LogP contribution in [0.15, 0.2) is 12.2 Å². The molecule has 2 heteroatoms. The number of rotatable bonds is 31. The van der Waals surface area contributed by atoms with Crippen LogP contribution in [0.25, 0.3) is 0 Å². The summed E-state index contributed by atoms with van der Waals surface area (Å²) in [5, 5.41) is 0. The van der Waals surface area contributed by atoms with E-state index >= 15 is 0 Å². The molecule has 0 aromatic carbocycles. The summed E-state index contributed by atoms with van der Waals surface area (Å²) in [6, 6.07) is 0. The van der Waals surface area contributed by atoms with E-state index in [1.807, 2.05) is 0 Å². The lowest BCUT2D eigenvalue weighted by Crippen LogP contribution is -2.18. The average molecular weight is 535 g/mol. The molecule has 0 rings (SSSR count). The fourth-order valence-electron chi connectivity index (χ4n) is 5.36. The van der Waals surface area contributed by atoms with E-state index in [-0.39, 0.29) is 11.9 Å². The van der Waals surface area contributed by atoms with Crippen molar-refractivity contribution in [1.82, 2.24) is 0 Å². The highest BCUT2D eigenvalue weighted by Gasteiger charge is 2.19. The highest BCUT2D eigenvalue weighted by molar-refractivity contribution is 5.72. The Kier molecular flexibility index (Phi) is 31.7. The number of hydrogen-bond donors (Lipinski definition) is 0. The Bertz CT molecular complexity index is 484. The van der Waals surface area contributed by atoms with Crippen LogP contribution in [-0.4, -0.2) is 12.6 Å². The summed E-state index contributed by atoms with van der Waals surface area (Å²) in [6.07, 6.45) is 40.7. The molecule has 0 aromatic heterocycles. The van der Waals surface area contributed by atoms with Gasteiger partial charge in [-0.05, 0) is 44.9 Å². The highest BCUT2D eigenvalue weighted by atomic mass is 16.5. The summed E-state index contributed by atoms with van der Waals surface area (Å²) in [5.41, 5.74) is 0. The largest absolute Gasteiger partial charge is 0.465 e. The molecule has 0 saturated carbocycles. The fourth-order valence-corrected chi connectivity index (χ4v) is 5.36. The molecular weight excluding hydrogens is 464 g/mol. The van der Waals surface area contributed by atoms with E-state index in [0.717, 1.165) is 19.3 Å². The predicted molar refractivity (Wildman–Crippen MR) is 170 cm³/mol. The van der Waals surface area contributed by atoms with Crippen molar-refractivity contribution < 1.29 is 9.53 Å². The van der Waals surface area contributed by atoms with Gasteiger partial charge < -0.3 is 4.74 Å². The third-order valence-corrected chi connectivity index (χ3v) is 8.05. The summed E-state index contributed by atoms with van der Waals surface area (Å²) < 4.78 is 5.76. The van der Waals surface area contributed by atoms with Gasteiger partial charge in [0.05, 0.1) is 12.5 Å². The van der Waals surface area contributed by atoms with Crippen LogP contribution in [0.1, 0.15) is 201 Å². The van der Waals surface area contributed by atoms with Crippen molar-refractivity contribution in [2.24, 2.45) is 5.92 Å². The number of ether oxygens (including phenoxy) is 1. The molecule has 2 nitrogen and oxygen atoms in total. The molecular formula is C36H70O2. The van der Waals surface area contributed by atoms with E-state index in [2.05, 4.69) is 32.9 Å². The topological polar surface area (TPSA) is 26.3 Å². The first-order chi connectivity index (χ1) is 18.8. The molecule has 0 fully saturated rings. The van der Waals surface area contributed by atoms with Gasteiger partial charge in [0, 0.05) is 0 Å². The molecule has 1 unspecified atom stereocenters. The Morgan fingerprint density at radius 1 is 0.474 bits per heavy atom. The van der Waals surface area contributed by atoms with Crippen LogP contribution < -0.4 is 0 Å². The first-order valence-corrected chi connectivity index (χ1v) is 17.6. The van der Waals surface area contributed by atoms with E-state index in [9.17, 15) is 4.79 Å². The van der Waals surface area contributed by atoms with Crippen molar-refractivity contribution in [2.45, 2.75) is 201 Å². The maximum atomic E-state index is 12.8. The normalized spacial score (nSPS) is 12.4. The molecule has 0 spiro atoms. The fraction of sp³-hybridized carbons (Fsp3) is 0.917. The molecule has 0 radical (unpaired) electrons. The van der Waals surface area contributed by atoms with E-state index in [4.69, 9.17) is 4.74 Å². The van der Waals surface area contributed by atoms with Crippen LogP contribution in [0.2, 0.25) is 0 Å². The molecule has 226 valence electrons. The molecule has 1 atom stereocenters. The number of allylic oxidation sites excluding steroid dienone is 2. The molecule has 0 saturated heterocycles. The predicted octanol–water partition coefficient (Wildman–Crippen LogP) is 12.7. The smallest absolute Gasteiger partial charge is 0.308 e. The molecule has 0 bridgehead atoms. The van der Waals surface area contributed by atoms with Gasteiger partial charge in [0.15, 0.2) is 0 Å². The van der Waals surface area contributed by atoms with Crippen LogP contribution >= 0.6 is 0 Å². The summed E-state index contributed by atoms with van der Waals surface area (Å²) in [5.74, 6) is 0.227. The quantitative estimate of drug-likeness (QED) is 0.0502. The van der Waals surface area contributed by atoms with E-state index < -0.39 is 0 Å². The zero-order valence-corrected chi connectivity index (χ0v) is 26.6. The minimum Gasteiger partial charge on any atom is -0.465 e. The van der Waals surface area contributed by atoms with Crippen molar-refractivity contribution in [3.63, 3.8) is 0 Å². The van der Waals surface area contributed by atoms with Gasteiger partial charge in [0.25, 0.3) is 0 Å². The number of carbonyl (C=O) groups excluding carboxylic acids is 1.